The van der Waals surface area contributed by atoms with Gasteiger partial charge in [-0.3, -0.25) is 4.90 Å². The Hall–Kier alpha value is -1.14. The number of aryl methyl sites for hydroxylation is 1. The van der Waals surface area contributed by atoms with E-state index in [4.69, 9.17) is 16.1 Å². The molecule has 1 N–H and O–H groups in total. The van der Waals surface area contributed by atoms with Crippen LogP contribution in [0.4, 0.5) is 0 Å². The lowest BCUT2D eigenvalue weighted by Gasteiger charge is -2.36. The van der Waals surface area contributed by atoms with Crippen molar-refractivity contribution in [2.75, 3.05) is 19.6 Å². The van der Waals surface area contributed by atoms with E-state index in [2.05, 4.69) is 26.4 Å². The van der Waals surface area contributed by atoms with E-state index in [9.17, 15) is 0 Å². The van der Waals surface area contributed by atoms with E-state index in [1.807, 2.05) is 25.1 Å². The fourth-order valence-electron chi connectivity index (χ4n) is 2.67. The number of benzene rings is 1. The molecule has 0 spiro atoms. The quantitative estimate of drug-likeness (QED) is 0.925. The molecular weight excluding hydrogens is 323 g/mol. The normalized spacial score (nSPS) is 18.9. The molecule has 0 saturated carbocycles. The van der Waals surface area contributed by atoms with Gasteiger partial charge in [0.15, 0.2) is 5.82 Å². The Bertz CT molecular complexity index is 605. The van der Waals surface area contributed by atoms with E-state index in [1.54, 1.807) is 0 Å². The van der Waals surface area contributed by atoms with Crippen LogP contribution in [0.1, 0.15) is 30.2 Å². The maximum absolute atomic E-state index is 6.35. The molecule has 1 fully saturated rings. The van der Waals surface area contributed by atoms with Crippen LogP contribution < -0.4 is 5.32 Å². The second kappa shape index (κ2) is 7.92. The summed E-state index contributed by atoms with van der Waals surface area (Å²) in [5, 5.41) is 8.28. The topological polar surface area (TPSA) is 54.2 Å². The van der Waals surface area contributed by atoms with Gasteiger partial charge in [-0.15, -0.1) is 12.4 Å². The van der Waals surface area contributed by atoms with Gasteiger partial charge in [-0.05, 0) is 11.6 Å². The zero-order valence-corrected chi connectivity index (χ0v) is 14.0. The second-order valence-corrected chi connectivity index (χ2v) is 5.58. The molecule has 7 heteroatoms. The van der Waals surface area contributed by atoms with E-state index < -0.39 is 0 Å². The average Bonchev–Trinajstić information content (AvgIpc) is 2.96. The lowest BCUT2D eigenvalue weighted by molar-refractivity contribution is 0.148. The van der Waals surface area contributed by atoms with E-state index in [1.165, 1.54) is 0 Å². The van der Waals surface area contributed by atoms with Crippen LogP contribution in [-0.2, 0) is 13.0 Å². The van der Waals surface area contributed by atoms with Crippen LogP contribution in [0.15, 0.2) is 28.8 Å². The zero-order chi connectivity index (χ0) is 14.7. The molecule has 1 saturated heterocycles. The Kier molecular flexibility index (Phi) is 6.20. The Morgan fingerprint density at radius 2 is 2.23 bits per heavy atom. The molecule has 1 aliphatic rings. The summed E-state index contributed by atoms with van der Waals surface area (Å²) in [6.07, 6.45) is 0.766. The molecule has 1 aromatic carbocycles. The number of hydrogen-bond donors (Lipinski definition) is 1. The van der Waals surface area contributed by atoms with Gasteiger partial charge in [-0.2, -0.15) is 4.98 Å². The first-order valence-corrected chi connectivity index (χ1v) is 7.66. The molecule has 120 valence electrons. The van der Waals surface area contributed by atoms with E-state index in [0.717, 1.165) is 42.5 Å². The lowest BCUT2D eigenvalue weighted by atomic mass is 10.0. The Balaban J connectivity index is 0.00000176. The van der Waals surface area contributed by atoms with Crippen LogP contribution in [0, 0.1) is 0 Å². The first-order chi connectivity index (χ1) is 10.3. The fraction of sp³-hybridized carbons (Fsp3) is 0.467. The zero-order valence-electron chi connectivity index (χ0n) is 12.5. The number of piperazine rings is 1. The lowest BCUT2D eigenvalue weighted by Crippen LogP contribution is -2.45. The predicted octanol–water partition coefficient (Wildman–Crippen LogP) is 2.85. The summed E-state index contributed by atoms with van der Waals surface area (Å²) in [5.74, 6) is 1.43. The summed E-state index contributed by atoms with van der Waals surface area (Å²) in [6, 6.07) is 8.24. The summed E-state index contributed by atoms with van der Waals surface area (Å²) < 4.78 is 5.19. The van der Waals surface area contributed by atoms with Crippen molar-refractivity contribution >= 4 is 24.0 Å². The molecule has 0 bridgehead atoms. The van der Waals surface area contributed by atoms with Crippen molar-refractivity contribution in [2.24, 2.45) is 0 Å². The van der Waals surface area contributed by atoms with Gasteiger partial charge < -0.3 is 9.84 Å². The van der Waals surface area contributed by atoms with Crippen molar-refractivity contribution in [1.82, 2.24) is 20.4 Å². The number of hydrogen-bond acceptors (Lipinski definition) is 5. The molecule has 1 atom stereocenters. The van der Waals surface area contributed by atoms with Crippen LogP contribution in [0.3, 0.4) is 0 Å². The highest BCUT2D eigenvalue weighted by Crippen LogP contribution is 2.29. The minimum atomic E-state index is 0. The van der Waals surface area contributed by atoms with Crippen molar-refractivity contribution in [3.63, 3.8) is 0 Å². The van der Waals surface area contributed by atoms with Gasteiger partial charge in [0, 0.05) is 37.1 Å². The van der Waals surface area contributed by atoms with Gasteiger partial charge in [-0.25, -0.2) is 0 Å². The van der Waals surface area contributed by atoms with Crippen LogP contribution in [0.5, 0.6) is 0 Å². The van der Waals surface area contributed by atoms with Crippen LogP contribution in [-0.4, -0.2) is 34.7 Å². The summed E-state index contributed by atoms with van der Waals surface area (Å²) >= 11 is 6.35. The molecule has 5 nitrogen and oxygen atoms in total. The monoisotopic (exact) mass is 342 g/mol. The molecule has 1 aromatic heterocycles. The van der Waals surface area contributed by atoms with Crippen molar-refractivity contribution in [2.45, 2.75) is 25.9 Å². The number of halogens is 2. The summed E-state index contributed by atoms with van der Waals surface area (Å²) in [6.45, 7) is 5.46. The van der Waals surface area contributed by atoms with Crippen molar-refractivity contribution in [3.8, 4) is 0 Å². The standard InChI is InChI=1S/C15H19ClN4O.ClH/c1-2-15-18-14(19-21-15)10-20-8-7-17-9-13(20)11-5-3-4-6-12(11)16;/h3-6,13,17H,2,7-10H2,1H3;1H. The summed E-state index contributed by atoms with van der Waals surface area (Å²) in [7, 11) is 0. The third-order valence-corrected chi connectivity index (χ3v) is 4.12. The highest BCUT2D eigenvalue weighted by molar-refractivity contribution is 6.31. The number of nitrogens with one attached hydrogen (secondary N) is 1. The minimum Gasteiger partial charge on any atom is -0.339 e. The fourth-order valence-corrected chi connectivity index (χ4v) is 2.93. The second-order valence-electron chi connectivity index (χ2n) is 5.17. The van der Waals surface area contributed by atoms with Crippen molar-refractivity contribution in [1.29, 1.82) is 0 Å². The van der Waals surface area contributed by atoms with E-state index >= 15 is 0 Å². The summed E-state index contributed by atoms with van der Waals surface area (Å²) in [5.41, 5.74) is 1.14. The number of rotatable bonds is 4. The predicted molar refractivity (Wildman–Crippen MR) is 88.4 cm³/mol. The van der Waals surface area contributed by atoms with Crippen molar-refractivity contribution in [3.05, 3.63) is 46.6 Å². The van der Waals surface area contributed by atoms with Crippen LogP contribution in [0.25, 0.3) is 0 Å². The van der Waals surface area contributed by atoms with Crippen molar-refractivity contribution < 1.29 is 4.52 Å². The summed E-state index contributed by atoms with van der Waals surface area (Å²) in [4.78, 5) is 6.75. The van der Waals surface area contributed by atoms with Gasteiger partial charge in [0.2, 0.25) is 5.89 Å². The van der Waals surface area contributed by atoms with Crippen LogP contribution in [0.2, 0.25) is 5.02 Å². The number of aromatic nitrogens is 2. The Morgan fingerprint density at radius 3 is 2.95 bits per heavy atom. The third kappa shape index (κ3) is 3.79. The first kappa shape index (κ1) is 17.2. The largest absolute Gasteiger partial charge is 0.339 e. The highest BCUT2D eigenvalue weighted by atomic mass is 35.5. The van der Waals surface area contributed by atoms with Gasteiger partial charge in [0.1, 0.15) is 0 Å². The first-order valence-electron chi connectivity index (χ1n) is 7.28. The minimum absolute atomic E-state index is 0. The van der Waals surface area contributed by atoms with Gasteiger partial charge in [0.05, 0.1) is 6.54 Å². The van der Waals surface area contributed by atoms with Gasteiger partial charge >= 0.3 is 0 Å². The molecule has 2 heterocycles. The SMILES string of the molecule is CCc1nc(CN2CCNCC2c2ccccc2Cl)no1.Cl. The molecule has 0 radical (unpaired) electrons. The van der Waals surface area contributed by atoms with Crippen LogP contribution >= 0.6 is 24.0 Å². The molecule has 3 rings (SSSR count). The molecule has 1 unspecified atom stereocenters. The molecule has 2 aromatic rings. The maximum atomic E-state index is 6.35. The molecule has 0 aliphatic carbocycles. The average molecular weight is 343 g/mol. The molecule has 1 aliphatic heterocycles. The Morgan fingerprint density at radius 1 is 1.41 bits per heavy atom. The van der Waals surface area contributed by atoms with E-state index in [0.29, 0.717) is 12.4 Å². The highest BCUT2D eigenvalue weighted by Gasteiger charge is 2.26. The molecule has 22 heavy (non-hydrogen) atoms. The van der Waals surface area contributed by atoms with E-state index in [-0.39, 0.29) is 18.4 Å². The molecule has 0 amide bonds. The van der Waals surface area contributed by atoms with Gasteiger partial charge in [0.25, 0.3) is 0 Å². The molecular formula is C15H20Cl2N4O. The Labute approximate surface area is 141 Å². The number of nitrogens with zero attached hydrogens (tertiary/aromatic N) is 3. The smallest absolute Gasteiger partial charge is 0.226 e. The van der Waals surface area contributed by atoms with Gasteiger partial charge in [-0.1, -0.05) is 41.9 Å². The third-order valence-electron chi connectivity index (χ3n) is 3.78. The maximum Gasteiger partial charge on any atom is 0.226 e.